The zero-order valence-electron chi connectivity index (χ0n) is 30.4. The Balaban J connectivity index is 1.45. The molecule has 3 aliphatic rings. The molecule has 0 radical (unpaired) electrons. The number of ketones is 1. The number of halogens is 2. The van der Waals surface area contributed by atoms with Crippen LogP contribution in [0.5, 0.6) is 0 Å². The second kappa shape index (κ2) is 17.7. The normalized spacial score (nSPS) is 24.6. The summed E-state index contributed by atoms with van der Waals surface area (Å²) in [6, 6.07) is 20.2. The van der Waals surface area contributed by atoms with Crippen LogP contribution in [-0.4, -0.2) is 70.1 Å². The number of hydrogen-bond donors (Lipinski definition) is 3. The van der Waals surface area contributed by atoms with Crippen LogP contribution >= 0.6 is 11.6 Å². The molecular weight excluding hydrogens is 665 g/mol. The monoisotopic (exact) mass is 719 g/mol. The summed E-state index contributed by atoms with van der Waals surface area (Å²) in [6.45, 7) is 8.42. The van der Waals surface area contributed by atoms with Crippen molar-refractivity contribution in [2.75, 3.05) is 26.2 Å². The van der Waals surface area contributed by atoms with Crippen molar-refractivity contribution in [1.29, 1.82) is 0 Å². The second-order valence-electron chi connectivity index (χ2n) is 15.1. The molecule has 0 spiro atoms. The molecule has 3 aliphatic carbocycles. The first-order chi connectivity index (χ1) is 24.4. The van der Waals surface area contributed by atoms with E-state index in [-0.39, 0.29) is 35.3 Å². The van der Waals surface area contributed by atoms with Gasteiger partial charge in [0.25, 0.3) is 0 Å². The summed E-state index contributed by atoms with van der Waals surface area (Å²) in [7, 11) is 0. The zero-order chi connectivity index (χ0) is 36.6. The molecule has 0 heterocycles. The van der Waals surface area contributed by atoms with E-state index in [1.165, 1.54) is 17.7 Å². The lowest BCUT2D eigenvalue weighted by molar-refractivity contribution is -0.0906. The van der Waals surface area contributed by atoms with Gasteiger partial charge < -0.3 is 20.1 Å². The number of aliphatic hydroxyl groups is 3. The van der Waals surface area contributed by atoms with E-state index < -0.39 is 29.0 Å². The fraction of sp³-hybridized carbons (Fsp3) is 0.512. The molecule has 0 saturated heterocycles. The summed E-state index contributed by atoms with van der Waals surface area (Å²) in [5, 5.41) is 35.0. The fourth-order valence-electron chi connectivity index (χ4n) is 8.36. The van der Waals surface area contributed by atoms with Gasteiger partial charge in [-0.1, -0.05) is 85.6 Å². The molecule has 5 atom stereocenters. The van der Waals surface area contributed by atoms with E-state index >= 15 is 0 Å². The maximum atomic E-state index is 14.9. The Kier molecular flexibility index (Phi) is 13.7. The van der Waals surface area contributed by atoms with Crippen molar-refractivity contribution in [1.82, 2.24) is 4.90 Å². The van der Waals surface area contributed by atoms with Crippen molar-refractivity contribution >= 4 is 17.4 Å². The van der Waals surface area contributed by atoms with Crippen LogP contribution in [0.25, 0.3) is 0 Å². The van der Waals surface area contributed by atoms with Gasteiger partial charge in [0.1, 0.15) is 5.82 Å². The highest BCUT2D eigenvalue weighted by Crippen LogP contribution is 2.58. The predicted octanol–water partition coefficient (Wildman–Crippen LogP) is 8.23. The number of carbonyl (C=O) groups excluding carboxylic acids is 1. The summed E-state index contributed by atoms with van der Waals surface area (Å²) >= 11 is 6.38. The van der Waals surface area contributed by atoms with Gasteiger partial charge in [0, 0.05) is 41.1 Å². The molecule has 3 N–H and O–H groups in total. The van der Waals surface area contributed by atoms with Gasteiger partial charge in [-0.2, -0.15) is 0 Å². The number of allylic oxidation sites excluding steroid dienone is 2. The molecule has 6 rings (SSSR count). The molecule has 1 fully saturated rings. The number of rotatable bonds is 13. The van der Waals surface area contributed by atoms with Crippen molar-refractivity contribution in [3.8, 4) is 0 Å². The Bertz CT molecular complexity index is 1630. The highest BCUT2D eigenvalue weighted by atomic mass is 35.5. The molecule has 3 aromatic carbocycles. The van der Waals surface area contributed by atoms with Crippen LogP contribution in [-0.2, 0) is 24.2 Å². The minimum absolute atomic E-state index is 0.157. The first kappa shape index (κ1) is 39.3. The lowest BCUT2D eigenvalue weighted by Crippen LogP contribution is -2.54. The molecule has 5 unspecified atom stereocenters. The van der Waals surface area contributed by atoms with Gasteiger partial charge in [-0.15, -0.1) is 0 Å². The summed E-state index contributed by atoms with van der Waals surface area (Å²) < 4.78 is 20.8. The molecule has 0 amide bonds. The number of hydrogen-bond acceptors (Lipinski definition) is 6. The summed E-state index contributed by atoms with van der Waals surface area (Å²) in [5.74, 6) is -0.909. The highest BCUT2D eigenvalue weighted by Gasteiger charge is 2.57. The Morgan fingerprint density at radius 3 is 2.63 bits per heavy atom. The lowest BCUT2D eigenvalue weighted by Gasteiger charge is -2.46. The second-order valence-corrected chi connectivity index (χ2v) is 15.5. The summed E-state index contributed by atoms with van der Waals surface area (Å²) in [4.78, 5) is 16.4. The Morgan fingerprint density at radius 1 is 1.10 bits per heavy atom. The van der Waals surface area contributed by atoms with Crippen molar-refractivity contribution in [2.45, 2.75) is 109 Å². The molecule has 0 aromatic heterocycles. The van der Waals surface area contributed by atoms with E-state index in [2.05, 4.69) is 31.7 Å². The maximum absolute atomic E-state index is 14.9. The SMILES string of the molecule is CCCN(CC(O)COCc1ccccc1)CC1(O)CCC2c3ccc(cc3C(=O)Cc3c(F)cccc3Cl)CC(O)CCC(C)=CCCC21C. The van der Waals surface area contributed by atoms with Gasteiger partial charge in [-0.25, -0.2) is 4.39 Å². The Morgan fingerprint density at radius 2 is 1.88 bits per heavy atom. The van der Waals surface area contributed by atoms with Crippen LogP contribution in [0.3, 0.4) is 0 Å². The van der Waals surface area contributed by atoms with Crippen molar-refractivity contribution in [2.24, 2.45) is 5.41 Å². The third-order valence-electron chi connectivity index (χ3n) is 11.3. The number of fused-ring (bicyclic) bond motifs is 8. The zero-order valence-corrected chi connectivity index (χ0v) is 31.2. The van der Waals surface area contributed by atoms with Crippen LogP contribution in [0, 0.1) is 11.2 Å². The molecule has 8 heteroatoms. The van der Waals surface area contributed by atoms with Crippen molar-refractivity contribution in [3.05, 3.63) is 117 Å². The van der Waals surface area contributed by atoms with Crippen LogP contribution in [0.15, 0.2) is 78.4 Å². The molecule has 3 aromatic rings. The lowest BCUT2D eigenvalue weighted by atomic mass is 9.64. The number of aliphatic hydroxyl groups excluding tert-OH is 2. The topological polar surface area (TPSA) is 90.2 Å². The third-order valence-corrected chi connectivity index (χ3v) is 11.6. The van der Waals surface area contributed by atoms with E-state index in [1.54, 1.807) is 6.07 Å². The minimum atomic E-state index is -1.11. The number of benzene rings is 3. The van der Waals surface area contributed by atoms with Crippen molar-refractivity contribution < 1.29 is 29.2 Å². The van der Waals surface area contributed by atoms with E-state index in [4.69, 9.17) is 16.3 Å². The molecular formula is C43H55ClFNO5. The number of nitrogens with zero attached hydrogens (tertiary/aromatic N) is 1. The molecule has 0 aliphatic heterocycles. The average molecular weight is 720 g/mol. The molecule has 6 nitrogen and oxygen atoms in total. The molecule has 2 bridgehead atoms. The first-order valence-corrected chi connectivity index (χ1v) is 19.0. The van der Waals surface area contributed by atoms with E-state index in [1.807, 2.05) is 48.5 Å². The van der Waals surface area contributed by atoms with E-state index in [0.29, 0.717) is 63.9 Å². The quantitative estimate of drug-likeness (QED) is 0.122. The van der Waals surface area contributed by atoms with Crippen LogP contribution in [0.1, 0.15) is 104 Å². The molecule has 276 valence electrons. The van der Waals surface area contributed by atoms with Crippen LogP contribution < -0.4 is 0 Å². The van der Waals surface area contributed by atoms with Gasteiger partial charge in [-0.3, -0.25) is 9.69 Å². The van der Waals surface area contributed by atoms with Gasteiger partial charge in [0.05, 0.1) is 31.0 Å². The Labute approximate surface area is 308 Å². The van der Waals surface area contributed by atoms with Gasteiger partial charge in [-0.05, 0) is 106 Å². The van der Waals surface area contributed by atoms with Gasteiger partial charge >= 0.3 is 0 Å². The minimum Gasteiger partial charge on any atom is -0.393 e. The maximum Gasteiger partial charge on any atom is 0.167 e. The van der Waals surface area contributed by atoms with Gasteiger partial charge in [0.15, 0.2) is 5.78 Å². The summed E-state index contributed by atoms with van der Waals surface area (Å²) in [6.07, 6.45) is 6.02. The number of ether oxygens (including phenoxy) is 1. The van der Waals surface area contributed by atoms with Crippen LogP contribution in [0.4, 0.5) is 4.39 Å². The smallest absolute Gasteiger partial charge is 0.167 e. The third kappa shape index (κ3) is 9.75. The van der Waals surface area contributed by atoms with Crippen LogP contribution in [0.2, 0.25) is 5.02 Å². The predicted molar refractivity (Wildman–Crippen MR) is 202 cm³/mol. The largest absolute Gasteiger partial charge is 0.393 e. The Hall–Kier alpha value is -2.91. The first-order valence-electron chi connectivity index (χ1n) is 18.6. The van der Waals surface area contributed by atoms with E-state index in [0.717, 1.165) is 36.0 Å². The standard InChI is InChI=1S/C43H55ClFNO5/c1-4-22-46(26-34(48)28-51-27-31-11-6-5-7-12-31)29-43(50)21-19-38-35-18-16-32(23-33(47)17-15-30(2)10-9-20-42(38,43)3)24-36(35)41(49)25-37-39(44)13-8-14-40(37)45/h5-8,10-14,16,18,24,33-34,38,47-48,50H,4,9,15,17,19-23,25-29H2,1-3H3. The fourth-order valence-corrected chi connectivity index (χ4v) is 8.59. The molecule has 1 saturated carbocycles. The van der Waals surface area contributed by atoms with Crippen molar-refractivity contribution in [3.63, 3.8) is 0 Å². The molecule has 51 heavy (non-hydrogen) atoms. The highest BCUT2D eigenvalue weighted by molar-refractivity contribution is 6.31. The number of carbonyl (C=O) groups is 1. The summed E-state index contributed by atoms with van der Waals surface area (Å²) in [5.41, 5.74) is 2.89. The van der Waals surface area contributed by atoms with Gasteiger partial charge in [0.2, 0.25) is 0 Å². The number of Topliss-reactive ketones (excluding diaryl/α,β-unsaturated/α-hetero) is 1. The average Bonchev–Trinajstić information content (AvgIpc) is 3.34. The van der Waals surface area contributed by atoms with E-state index in [9.17, 15) is 24.5 Å².